The zero-order valence-corrected chi connectivity index (χ0v) is 14.9. The van der Waals surface area contributed by atoms with E-state index in [1.807, 2.05) is 30.3 Å². The average molecular weight is 358 g/mol. The van der Waals surface area contributed by atoms with Crippen LogP contribution in [0.2, 0.25) is 0 Å². The van der Waals surface area contributed by atoms with Crippen LogP contribution in [0.15, 0.2) is 59.5 Å². The molecule has 6 heteroatoms. The predicted molar refractivity (Wildman–Crippen MR) is 96.9 cm³/mol. The fraction of sp³-hybridized carbons (Fsp3) is 0.316. The van der Waals surface area contributed by atoms with E-state index in [1.54, 1.807) is 12.1 Å². The van der Waals surface area contributed by atoms with Crippen LogP contribution in [-0.4, -0.2) is 38.1 Å². The second kappa shape index (κ2) is 7.07. The normalized spacial score (nSPS) is 21.4. The van der Waals surface area contributed by atoms with Crippen molar-refractivity contribution >= 4 is 15.8 Å². The van der Waals surface area contributed by atoms with Crippen molar-refractivity contribution in [2.24, 2.45) is 11.7 Å². The average Bonchev–Trinajstić information content (AvgIpc) is 3.08. The molecule has 1 aliphatic rings. The first-order valence-electron chi connectivity index (χ1n) is 8.29. The number of carbonyl (C=O) groups excluding carboxylic acids is 1. The molecule has 25 heavy (non-hydrogen) atoms. The van der Waals surface area contributed by atoms with Gasteiger partial charge in [-0.3, -0.25) is 4.79 Å². The van der Waals surface area contributed by atoms with Gasteiger partial charge < -0.3 is 5.73 Å². The van der Waals surface area contributed by atoms with E-state index in [0.717, 1.165) is 5.56 Å². The van der Waals surface area contributed by atoms with Gasteiger partial charge in [0.15, 0.2) is 5.78 Å². The molecule has 0 saturated carbocycles. The van der Waals surface area contributed by atoms with Crippen molar-refractivity contribution in [3.63, 3.8) is 0 Å². The van der Waals surface area contributed by atoms with Gasteiger partial charge in [0.25, 0.3) is 0 Å². The van der Waals surface area contributed by atoms with Gasteiger partial charge in [-0.05, 0) is 37.1 Å². The molecule has 2 N–H and O–H groups in total. The Morgan fingerprint density at radius 2 is 1.84 bits per heavy atom. The van der Waals surface area contributed by atoms with Gasteiger partial charge >= 0.3 is 0 Å². The summed E-state index contributed by atoms with van der Waals surface area (Å²) in [6.07, 6.45) is 0. The van der Waals surface area contributed by atoms with Crippen molar-refractivity contribution in [1.29, 1.82) is 0 Å². The molecule has 0 bridgehead atoms. The second-order valence-electron chi connectivity index (χ2n) is 6.42. The standard InChI is InChI=1S/C19H22N2O3S/c1-14(22)16-8-5-9-18(10-16)25(23,24)21-12-17(11-20)19(13-21)15-6-3-2-4-7-15/h2-10,17,19H,11-13,20H2,1H3/t17-,19+/m1/s1. The molecule has 0 aliphatic carbocycles. The Kier molecular flexibility index (Phi) is 5.03. The Morgan fingerprint density at radius 1 is 1.12 bits per heavy atom. The van der Waals surface area contributed by atoms with Crippen LogP contribution in [0, 0.1) is 5.92 Å². The number of sulfonamides is 1. The van der Waals surface area contributed by atoms with E-state index in [1.165, 1.54) is 23.4 Å². The van der Waals surface area contributed by atoms with Crippen LogP contribution in [0.4, 0.5) is 0 Å². The lowest BCUT2D eigenvalue weighted by molar-refractivity contribution is 0.101. The molecule has 1 fully saturated rings. The largest absolute Gasteiger partial charge is 0.330 e. The monoisotopic (exact) mass is 358 g/mol. The van der Waals surface area contributed by atoms with Gasteiger partial charge in [-0.1, -0.05) is 42.5 Å². The van der Waals surface area contributed by atoms with E-state index in [9.17, 15) is 13.2 Å². The molecule has 0 aromatic heterocycles. The van der Waals surface area contributed by atoms with Crippen LogP contribution in [0.1, 0.15) is 28.8 Å². The molecule has 2 atom stereocenters. The molecule has 1 aliphatic heterocycles. The maximum absolute atomic E-state index is 13.0. The SMILES string of the molecule is CC(=O)c1cccc(S(=O)(=O)N2C[C@@H](CN)[C@H](c3ccccc3)C2)c1. The Balaban J connectivity index is 1.91. The minimum Gasteiger partial charge on any atom is -0.330 e. The van der Waals surface area contributed by atoms with Crippen LogP contribution < -0.4 is 5.73 Å². The summed E-state index contributed by atoms with van der Waals surface area (Å²) in [6, 6.07) is 16.1. The molecule has 132 valence electrons. The summed E-state index contributed by atoms with van der Waals surface area (Å²) in [4.78, 5) is 11.7. The van der Waals surface area contributed by atoms with Gasteiger partial charge in [0.05, 0.1) is 4.90 Å². The summed E-state index contributed by atoms with van der Waals surface area (Å²) in [5.41, 5.74) is 7.41. The predicted octanol–water partition coefficient (Wildman–Crippen LogP) is 2.25. The van der Waals surface area contributed by atoms with Crippen LogP contribution >= 0.6 is 0 Å². The zero-order chi connectivity index (χ0) is 18.0. The van der Waals surface area contributed by atoms with Crippen molar-refractivity contribution in [2.75, 3.05) is 19.6 Å². The fourth-order valence-corrected chi connectivity index (χ4v) is 4.94. The summed E-state index contributed by atoms with van der Waals surface area (Å²) >= 11 is 0. The maximum atomic E-state index is 13.0. The molecule has 2 aromatic carbocycles. The van der Waals surface area contributed by atoms with Gasteiger partial charge in [-0.2, -0.15) is 4.31 Å². The van der Waals surface area contributed by atoms with Crippen LogP contribution in [0.5, 0.6) is 0 Å². The molecule has 0 spiro atoms. The highest BCUT2D eigenvalue weighted by Gasteiger charge is 2.39. The van der Waals surface area contributed by atoms with Crippen molar-refractivity contribution in [3.05, 3.63) is 65.7 Å². The molecule has 0 unspecified atom stereocenters. The van der Waals surface area contributed by atoms with E-state index in [4.69, 9.17) is 5.73 Å². The van der Waals surface area contributed by atoms with E-state index in [2.05, 4.69) is 0 Å². The summed E-state index contributed by atoms with van der Waals surface area (Å²) < 4.78 is 27.5. The van der Waals surface area contributed by atoms with Gasteiger partial charge in [0, 0.05) is 24.6 Å². The topological polar surface area (TPSA) is 80.5 Å². The summed E-state index contributed by atoms with van der Waals surface area (Å²) in [6.45, 7) is 2.65. The van der Waals surface area contributed by atoms with Gasteiger partial charge in [0.2, 0.25) is 10.0 Å². The van der Waals surface area contributed by atoms with Crippen molar-refractivity contribution in [1.82, 2.24) is 4.31 Å². The number of benzene rings is 2. The number of Topliss-reactive ketones (excluding diaryl/α,β-unsaturated/α-hetero) is 1. The van der Waals surface area contributed by atoms with Crippen molar-refractivity contribution < 1.29 is 13.2 Å². The molecule has 1 heterocycles. The van der Waals surface area contributed by atoms with E-state index < -0.39 is 10.0 Å². The number of nitrogens with zero attached hydrogens (tertiary/aromatic N) is 1. The molecule has 1 saturated heterocycles. The zero-order valence-electron chi connectivity index (χ0n) is 14.1. The van der Waals surface area contributed by atoms with E-state index in [-0.39, 0.29) is 22.5 Å². The number of nitrogens with two attached hydrogens (primary N) is 1. The first-order chi connectivity index (χ1) is 11.9. The van der Waals surface area contributed by atoms with Crippen LogP contribution in [0.25, 0.3) is 0 Å². The minimum atomic E-state index is -3.65. The fourth-order valence-electron chi connectivity index (χ4n) is 3.37. The van der Waals surface area contributed by atoms with Gasteiger partial charge in [-0.15, -0.1) is 0 Å². The van der Waals surface area contributed by atoms with Crippen LogP contribution in [0.3, 0.4) is 0 Å². The molecule has 0 radical (unpaired) electrons. The lowest BCUT2D eigenvalue weighted by atomic mass is 9.89. The Bertz CT molecular complexity index is 865. The lowest BCUT2D eigenvalue weighted by Crippen LogP contribution is -2.30. The molecular formula is C19H22N2O3S. The molecular weight excluding hydrogens is 336 g/mol. The third kappa shape index (κ3) is 3.51. The third-order valence-corrected chi connectivity index (χ3v) is 6.64. The van der Waals surface area contributed by atoms with Gasteiger partial charge in [0.1, 0.15) is 0 Å². The summed E-state index contributed by atoms with van der Waals surface area (Å²) in [7, 11) is -3.65. The van der Waals surface area contributed by atoms with Crippen LogP contribution in [-0.2, 0) is 10.0 Å². The second-order valence-corrected chi connectivity index (χ2v) is 8.36. The number of hydrogen-bond acceptors (Lipinski definition) is 4. The first kappa shape index (κ1) is 17.8. The summed E-state index contributed by atoms with van der Waals surface area (Å²) in [5, 5.41) is 0. The smallest absolute Gasteiger partial charge is 0.243 e. The van der Waals surface area contributed by atoms with Crippen molar-refractivity contribution in [2.45, 2.75) is 17.7 Å². The molecule has 5 nitrogen and oxygen atoms in total. The Hall–Kier alpha value is -2.02. The third-order valence-electron chi connectivity index (χ3n) is 4.82. The number of rotatable bonds is 5. The quantitative estimate of drug-likeness (QED) is 0.831. The number of carbonyl (C=O) groups is 1. The van der Waals surface area contributed by atoms with Crippen molar-refractivity contribution in [3.8, 4) is 0 Å². The number of hydrogen-bond donors (Lipinski definition) is 1. The lowest BCUT2D eigenvalue weighted by Gasteiger charge is -2.17. The number of ketones is 1. The maximum Gasteiger partial charge on any atom is 0.243 e. The Labute approximate surface area is 148 Å². The minimum absolute atomic E-state index is 0.0770. The molecule has 3 rings (SSSR count). The summed E-state index contributed by atoms with van der Waals surface area (Å²) in [5.74, 6) is 0.00518. The van der Waals surface area contributed by atoms with Gasteiger partial charge in [-0.25, -0.2) is 8.42 Å². The highest BCUT2D eigenvalue weighted by atomic mass is 32.2. The first-order valence-corrected chi connectivity index (χ1v) is 9.73. The highest BCUT2D eigenvalue weighted by Crippen LogP contribution is 2.35. The highest BCUT2D eigenvalue weighted by molar-refractivity contribution is 7.89. The molecule has 2 aromatic rings. The van der Waals surface area contributed by atoms with E-state index in [0.29, 0.717) is 25.2 Å². The molecule has 0 amide bonds. The Morgan fingerprint density at radius 3 is 2.48 bits per heavy atom. The van der Waals surface area contributed by atoms with E-state index >= 15 is 0 Å².